The summed E-state index contributed by atoms with van der Waals surface area (Å²) in [4.78, 5) is 27.4. The summed E-state index contributed by atoms with van der Waals surface area (Å²) in [6, 6.07) is 13.5. The standard InChI is InChI=1S/C23H30FN3O4S/c1-5-17(2)25-23(29)18(3)26(15-19-11-7-6-8-12-19)22(28)16-27(32(4,30)31)21-14-10-9-13-20(21)24/h6-14,17-18H,5,15-16H2,1-4H3,(H,25,29). The van der Waals surface area contributed by atoms with Gasteiger partial charge < -0.3 is 10.2 Å². The van der Waals surface area contributed by atoms with Gasteiger partial charge in [0.2, 0.25) is 21.8 Å². The molecular formula is C23H30FN3O4S. The highest BCUT2D eigenvalue weighted by atomic mass is 32.2. The minimum Gasteiger partial charge on any atom is -0.352 e. The number of sulfonamides is 1. The zero-order valence-electron chi connectivity index (χ0n) is 18.8. The molecule has 2 aromatic carbocycles. The summed E-state index contributed by atoms with van der Waals surface area (Å²) in [5.74, 6) is -1.72. The molecule has 7 nitrogen and oxygen atoms in total. The van der Waals surface area contributed by atoms with Crippen molar-refractivity contribution in [1.29, 1.82) is 0 Å². The fourth-order valence-electron chi connectivity index (χ4n) is 3.08. The molecule has 32 heavy (non-hydrogen) atoms. The van der Waals surface area contributed by atoms with Crippen LogP contribution in [0.1, 0.15) is 32.8 Å². The molecule has 1 N–H and O–H groups in total. The van der Waals surface area contributed by atoms with E-state index in [-0.39, 0.29) is 24.2 Å². The quantitative estimate of drug-likeness (QED) is 0.587. The molecule has 2 aromatic rings. The van der Waals surface area contributed by atoms with Crippen molar-refractivity contribution in [1.82, 2.24) is 10.2 Å². The average molecular weight is 464 g/mol. The Bertz CT molecular complexity index is 1030. The molecule has 0 radical (unpaired) electrons. The Morgan fingerprint density at radius 3 is 2.19 bits per heavy atom. The molecule has 0 aromatic heterocycles. The third-order valence-electron chi connectivity index (χ3n) is 5.16. The van der Waals surface area contributed by atoms with Crippen LogP contribution < -0.4 is 9.62 Å². The number of amides is 2. The lowest BCUT2D eigenvalue weighted by molar-refractivity contribution is -0.139. The van der Waals surface area contributed by atoms with Gasteiger partial charge in [0, 0.05) is 12.6 Å². The number of carbonyl (C=O) groups excluding carboxylic acids is 2. The Kier molecular flexibility index (Phi) is 8.77. The highest BCUT2D eigenvalue weighted by molar-refractivity contribution is 7.92. The number of hydrogen-bond donors (Lipinski definition) is 1. The predicted octanol–water partition coefficient (Wildman–Crippen LogP) is 2.92. The van der Waals surface area contributed by atoms with Crippen LogP contribution >= 0.6 is 0 Å². The lowest BCUT2D eigenvalue weighted by atomic mass is 10.1. The third-order valence-corrected chi connectivity index (χ3v) is 6.29. The van der Waals surface area contributed by atoms with Gasteiger partial charge in [-0.05, 0) is 38.0 Å². The summed E-state index contributed by atoms with van der Waals surface area (Å²) < 4.78 is 39.9. The van der Waals surface area contributed by atoms with E-state index < -0.39 is 34.3 Å². The van der Waals surface area contributed by atoms with Crippen LogP contribution in [0.25, 0.3) is 0 Å². The third kappa shape index (κ3) is 6.78. The highest BCUT2D eigenvalue weighted by Crippen LogP contribution is 2.22. The van der Waals surface area contributed by atoms with Crippen molar-refractivity contribution in [3.63, 3.8) is 0 Å². The van der Waals surface area contributed by atoms with E-state index in [9.17, 15) is 22.4 Å². The summed E-state index contributed by atoms with van der Waals surface area (Å²) >= 11 is 0. The van der Waals surface area contributed by atoms with Crippen LogP contribution in [0.2, 0.25) is 0 Å². The van der Waals surface area contributed by atoms with E-state index in [0.29, 0.717) is 0 Å². The summed E-state index contributed by atoms with van der Waals surface area (Å²) in [7, 11) is -3.97. The molecule has 0 aliphatic heterocycles. The summed E-state index contributed by atoms with van der Waals surface area (Å²) in [5, 5.41) is 2.85. The first-order valence-corrected chi connectivity index (χ1v) is 12.3. The number of benzene rings is 2. The van der Waals surface area contributed by atoms with Crippen LogP contribution in [0.3, 0.4) is 0 Å². The number of rotatable bonds is 10. The van der Waals surface area contributed by atoms with Crippen LogP contribution in [-0.4, -0.2) is 50.0 Å². The van der Waals surface area contributed by atoms with E-state index in [1.54, 1.807) is 6.92 Å². The number of hydrogen-bond acceptors (Lipinski definition) is 4. The molecule has 2 unspecified atom stereocenters. The second-order valence-electron chi connectivity index (χ2n) is 7.72. The van der Waals surface area contributed by atoms with Crippen LogP contribution in [0.5, 0.6) is 0 Å². The van der Waals surface area contributed by atoms with Crippen molar-refractivity contribution in [3.05, 3.63) is 66.0 Å². The Hall–Kier alpha value is -2.94. The van der Waals surface area contributed by atoms with E-state index in [1.165, 1.54) is 23.1 Å². The van der Waals surface area contributed by atoms with Gasteiger partial charge in [-0.1, -0.05) is 49.4 Å². The molecule has 0 saturated heterocycles. The molecule has 0 bridgehead atoms. The van der Waals surface area contributed by atoms with Crippen molar-refractivity contribution >= 4 is 27.5 Å². The van der Waals surface area contributed by atoms with Gasteiger partial charge in [-0.25, -0.2) is 12.8 Å². The SMILES string of the molecule is CCC(C)NC(=O)C(C)N(Cc1ccccc1)C(=O)CN(c1ccccc1F)S(C)(=O)=O. The molecule has 2 amide bonds. The molecule has 2 atom stereocenters. The predicted molar refractivity (Wildman–Crippen MR) is 123 cm³/mol. The van der Waals surface area contributed by atoms with Crippen LogP contribution in [0.4, 0.5) is 10.1 Å². The molecule has 0 spiro atoms. The lowest BCUT2D eigenvalue weighted by Gasteiger charge is -2.32. The number of para-hydroxylation sites is 1. The normalized spacial score (nSPS) is 13.2. The van der Waals surface area contributed by atoms with Gasteiger partial charge in [0.15, 0.2) is 0 Å². The van der Waals surface area contributed by atoms with Crippen LogP contribution in [0, 0.1) is 5.82 Å². The van der Waals surface area contributed by atoms with Gasteiger partial charge in [-0.15, -0.1) is 0 Å². The minimum absolute atomic E-state index is 0.0791. The Morgan fingerprint density at radius 1 is 1.03 bits per heavy atom. The van der Waals surface area contributed by atoms with Crippen molar-refractivity contribution in [2.75, 3.05) is 17.1 Å². The van der Waals surface area contributed by atoms with Gasteiger partial charge in [-0.2, -0.15) is 0 Å². The number of nitrogens with zero attached hydrogens (tertiary/aromatic N) is 2. The molecule has 0 aliphatic rings. The number of nitrogens with one attached hydrogen (secondary N) is 1. The van der Waals surface area contributed by atoms with E-state index in [0.717, 1.165) is 28.6 Å². The molecule has 9 heteroatoms. The van der Waals surface area contributed by atoms with Gasteiger partial charge in [0.1, 0.15) is 18.4 Å². The maximum Gasteiger partial charge on any atom is 0.244 e. The zero-order chi connectivity index (χ0) is 23.9. The van der Waals surface area contributed by atoms with Crippen LogP contribution in [-0.2, 0) is 26.2 Å². The average Bonchev–Trinajstić information content (AvgIpc) is 2.75. The smallest absolute Gasteiger partial charge is 0.244 e. The number of anilines is 1. The van der Waals surface area contributed by atoms with E-state index in [1.807, 2.05) is 44.2 Å². The van der Waals surface area contributed by atoms with Gasteiger partial charge >= 0.3 is 0 Å². The van der Waals surface area contributed by atoms with Crippen LogP contribution in [0.15, 0.2) is 54.6 Å². The fourth-order valence-corrected chi connectivity index (χ4v) is 3.93. The van der Waals surface area contributed by atoms with Gasteiger partial charge in [0.05, 0.1) is 11.9 Å². The number of carbonyl (C=O) groups is 2. The molecule has 0 aliphatic carbocycles. The Morgan fingerprint density at radius 2 is 1.62 bits per heavy atom. The van der Waals surface area contributed by atoms with Crippen molar-refractivity contribution in [2.45, 2.75) is 45.8 Å². The largest absolute Gasteiger partial charge is 0.352 e. The fraction of sp³-hybridized carbons (Fsp3) is 0.391. The maximum absolute atomic E-state index is 14.3. The molecule has 2 rings (SSSR count). The number of halogens is 1. The highest BCUT2D eigenvalue weighted by Gasteiger charge is 2.31. The summed E-state index contributed by atoms with van der Waals surface area (Å²) in [6.07, 6.45) is 1.63. The first kappa shape index (κ1) is 25.3. The molecule has 0 fully saturated rings. The first-order valence-electron chi connectivity index (χ1n) is 10.4. The first-order chi connectivity index (χ1) is 15.0. The molecule has 174 valence electrons. The monoisotopic (exact) mass is 463 g/mol. The topological polar surface area (TPSA) is 86.8 Å². The zero-order valence-corrected chi connectivity index (χ0v) is 19.6. The van der Waals surface area contributed by atoms with Crippen molar-refractivity contribution in [3.8, 4) is 0 Å². The molecule has 0 saturated carbocycles. The van der Waals surface area contributed by atoms with Crippen molar-refractivity contribution in [2.24, 2.45) is 0 Å². The van der Waals surface area contributed by atoms with Crippen molar-refractivity contribution < 1.29 is 22.4 Å². The van der Waals surface area contributed by atoms with E-state index >= 15 is 0 Å². The summed E-state index contributed by atoms with van der Waals surface area (Å²) in [6.45, 7) is 4.85. The lowest BCUT2D eigenvalue weighted by Crippen LogP contribution is -2.52. The minimum atomic E-state index is -3.97. The van der Waals surface area contributed by atoms with E-state index in [4.69, 9.17) is 0 Å². The van der Waals surface area contributed by atoms with Gasteiger partial charge in [-0.3, -0.25) is 13.9 Å². The maximum atomic E-state index is 14.3. The summed E-state index contributed by atoms with van der Waals surface area (Å²) in [5.41, 5.74) is 0.556. The molecule has 0 heterocycles. The second-order valence-corrected chi connectivity index (χ2v) is 9.63. The molecular weight excluding hydrogens is 433 g/mol. The second kappa shape index (κ2) is 11.1. The van der Waals surface area contributed by atoms with Gasteiger partial charge in [0.25, 0.3) is 0 Å². The van der Waals surface area contributed by atoms with E-state index in [2.05, 4.69) is 5.32 Å². The Labute approximate surface area is 189 Å². The Balaban J connectivity index is 2.37.